The monoisotopic (exact) mass is 291 g/mol. The third-order valence-electron chi connectivity index (χ3n) is 3.61. The van der Waals surface area contributed by atoms with Crippen molar-refractivity contribution in [2.75, 3.05) is 6.54 Å². The average molecular weight is 292 g/mol. The smallest absolute Gasteiger partial charge is 0.0989 e. The molecule has 1 heterocycles. The van der Waals surface area contributed by atoms with Gasteiger partial charge in [0.1, 0.15) is 0 Å². The molecule has 1 nitrogen and oxygen atoms in total. The van der Waals surface area contributed by atoms with E-state index in [-0.39, 0.29) is 0 Å². The van der Waals surface area contributed by atoms with Crippen molar-refractivity contribution in [3.8, 4) is 0 Å². The van der Waals surface area contributed by atoms with Gasteiger partial charge in [-0.15, -0.1) is 11.3 Å². The largest absolute Gasteiger partial charge is 0.312 e. The molecule has 0 aliphatic heterocycles. The normalized spacial score (nSPS) is 25.1. The van der Waals surface area contributed by atoms with E-state index in [1.165, 1.54) is 37.0 Å². The van der Waals surface area contributed by atoms with Gasteiger partial charge < -0.3 is 5.32 Å². The second kappa shape index (κ2) is 6.42. The van der Waals surface area contributed by atoms with Gasteiger partial charge in [-0.1, -0.05) is 43.0 Å². The van der Waals surface area contributed by atoms with E-state index in [0.717, 1.165) is 39.2 Å². The molecule has 1 N–H and O–H groups in total. The van der Waals surface area contributed by atoms with Crippen LogP contribution in [0.15, 0.2) is 6.07 Å². The van der Waals surface area contributed by atoms with Crippen LogP contribution in [-0.4, -0.2) is 6.54 Å². The summed E-state index contributed by atoms with van der Waals surface area (Å²) in [4.78, 5) is 0. The zero-order valence-corrected chi connectivity index (χ0v) is 12.5. The highest BCUT2D eigenvalue weighted by Crippen LogP contribution is 2.31. The maximum absolute atomic E-state index is 6.08. The van der Waals surface area contributed by atoms with Crippen LogP contribution < -0.4 is 5.32 Å². The van der Waals surface area contributed by atoms with E-state index in [9.17, 15) is 0 Å². The zero-order chi connectivity index (χ0) is 12.3. The lowest BCUT2D eigenvalue weighted by Crippen LogP contribution is -2.25. The maximum atomic E-state index is 6.08. The van der Waals surface area contributed by atoms with Crippen LogP contribution in [0.5, 0.6) is 0 Å². The Kier molecular flexibility index (Phi) is 5.16. The minimum absolute atomic E-state index is 0.776. The topological polar surface area (TPSA) is 12.0 Å². The Labute approximate surface area is 118 Å². The highest BCUT2D eigenvalue weighted by atomic mass is 35.5. The molecule has 1 aromatic rings. The number of hydrogen-bond acceptors (Lipinski definition) is 2. The fourth-order valence-corrected chi connectivity index (χ4v) is 3.93. The second-order valence-corrected chi connectivity index (χ2v) is 7.39. The molecule has 1 aliphatic carbocycles. The van der Waals surface area contributed by atoms with Gasteiger partial charge in [0.05, 0.1) is 8.67 Å². The number of hydrogen-bond donors (Lipinski definition) is 1. The molecule has 0 spiro atoms. The summed E-state index contributed by atoms with van der Waals surface area (Å²) in [6.45, 7) is 4.31. The lowest BCUT2D eigenvalue weighted by atomic mass is 9.83. The highest BCUT2D eigenvalue weighted by molar-refractivity contribution is 7.20. The first-order valence-corrected chi connectivity index (χ1v) is 7.87. The summed E-state index contributed by atoms with van der Waals surface area (Å²) in [6.07, 6.45) is 5.51. The molecule has 0 atom stereocenters. The Balaban J connectivity index is 1.71. The first-order valence-electron chi connectivity index (χ1n) is 6.29. The van der Waals surface area contributed by atoms with E-state index in [1.54, 1.807) is 0 Å². The number of rotatable bonds is 4. The van der Waals surface area contributed by atoms with Crippen LogP contribution in [-0.2, 0) is 6.54 Å². The molecule has 0 aromatic carbocycles. The van der Waals surface area contributed by atoms with Crippen molar-refractivity contribution in [3.63, 3.8) is 0 Å². The van der Waals surface area contributed by atoms with Crippen LogP contribution in [0.3, 0.4) is 0 Å². The molecule has 4 heteroatoms. The predicted molar refractivity (Wildman–Crippen MR) is 77.2 cm³/mol. The van der Waals surface area contributed by atoms with Gasteiger partial charge in [0.25, 0.3) is 0 Å². The SMILES string of the molecule is CC1CCC(CNCc2cc(Cl)sc2Cl)CC1. The van der Waals surface area contributed by atoms with Crippen LogP contribution in [0.2, 0.25) is 8.67 Å². The summed E-state index contributed by atoms with van der Waals surface area (Å²) in [6, 6.07) is 1.96. The summed E-state index contributed by atoms with van der Waals surface area (Å²) in [5.41, 5.74) is 1.13. The van der Waals surface area contributed by atoms with E-state index in [2.05, 4.69) is 12.2 Å². The Morgan fingerprint density at radius 2 is 2.00 bits per heavy atom. The standard InChI is InChI=1S/C13H19Cl2NS/c1-9-2-4-10(5-3-9)7-16-8-11-6-12(14)17-13(11)15/h6,9-10,16H,2-5,7-8H2,1H3. The Hall–Kier alpha value is 0.240. The molecule has 96 valence electrons. The van der Waals surface area contributed by atoms with Gasteiger partial charge in [0.2, 0.25) is 0 Å². The molecule has 17 heavy (non-hydrogen) atoms. The fraction of sp³-hybridized carbons (Fsp3) is 0.692. The van der Waals surface area contributed by atoms with Gasteiger partial charge >= 0.3 is 0 Å². The van der Waals surface area contributed by atoms with E-state index in [1.807, 2.05) is 6.07 Å². The molecule has 1 fully saturated rings. The second-order valence-electron chi connectivity index (χ2n) is 5.11. The molecule has 1 aromatic heterocycles. The maximum Gasteiger partial charge on any atom is 0.0989 e. The van der Waals surface area contributed by atoms with Gasteiger partial charge in [-0.05, 0) is 42.9 Å². The average Bonchev–Trinajstić information content (AvgIpc) is 2.60. The van der Waals surface area contributed by atoms with Crippen molar-refractivity contribution in [1.82, 2.24) is 5.32 Å². The lowest BCUT2D eigenvalue weighted by Gasteiger charge is -2.26. The summed E-state index contributed by atoms with van der Waals surface area (Å²) in [5, 5.41) is 3.50. The van der Waals surface area contributed by atoms with Gasteiger partial charge in [-0.25, -0.2) is 0 Å². The van der Waals surface area contributed by atoms with Crippen LogP contribution in [0.4, 0.5) is 0 Å². The predicted octanol–water partition coefficient (Wildman–Crippen LogP) is 4.97. The van der Waals surface area contributed by atoms with Crippen LogP contribution in [0.25, 0.3) is 0 Å². The third kappa shape index (κ3) is 4.13. The van der Waals surface area contributed by atoms with Gasteiger partial charge in [0.15, 0.2) is 0 Å². The summed E-state index contributed by atoms with van der Waals surface area (Å²) >= 11 is 13.4. The summed E-state index contributed by atoms with van der Waals surface area (Å²) < 4.78 is 1.60. The third-order valence-corrected chi connectivity index (χ3v) is 5.18. The minimum atomic E-state index is 0.776. The van der Waals surface area contributed by atoms with Crippen LogP contribution in [0.1, 0.15) is 38.2 Å². The van der Waals surface area contributed by atoms with Crippen LogP contribution in [0, 0.1) is 11.8 Å². The van der Waals surface area contributed by atoms with Crippen molar-refractivity contribution in [2.24, 2.45) is 11.8 Å². The first-order chi connectivity index (χ1) is 8.15. The highest BCUT2D eigenvalue weighted by Gasteiger charge is 2.17. The van der Waals surface area contributed by atoms with Crippen molar-refractivity contribution in [2.45, 2.75) is 39.2 Å². The number of nitrogens with one attached hydrogen (secondary N) is 1. The molecule has 2 rings (SSSR count). The molecule has 0 radical (unpaired) electrons. The molecular weight excluding hydrogens is 273 g/mol. The summed E-state index contributed by atoms with van der Waals surface area (Å²) in [5.74, 6) is 1.77. The van der Waals surface area contributed by atoms with Gasteiger partial charge in [-0.3, -0.25) is 0 Å². The quantitative estimate of drug-likeness (QED) is 0.826. The summed E-state index contributed by atoms with van der Waals surface area (Å²) in [7, 11) is 0. The zero-order valence-electron chi connectivity index (χ0n) is 10.1. The molecule has 0 amide bonds. The Morgan fingerprint density at radius 1 is 1.29 bits per heavy atom. The van der Waals surface area contributed by atoms with Crippen LogP contribution >= 0.6 is 34.5 Å². The Bertz CT molecular complexity index is 356. The van der Waals surface area contributed by atoms with Crippen molar-refractivity contribution < 1.29 is 0 Å². The first kappa shape index (κ1) is 13.7. The fourth-order valence-electron chi connectivity index (χ4n) is 2.44. The molecular formula is C13H19Cl2NS. The Morgan fingerprint density at radius 3 is 2.59 bits per heavy atom. The molecule has 1 aliphatic rings. The molecule has 0 unspecified atom stereocenters. The van der Waals surface area contributed by atoms with Gasteiger partial charge in [0, 0.05) is 6.54 Å². The van der Waals surface area contributed by atoms with E-state index in [4.69, 9.17) is 23.2 Å². The van der Waals surface area contributed by atoms with Crippen molar-refractivity contribution >= 4 is 34.5 Å². The lowest BCUT2D eigenvalue weighted by molar-refractivity contribution is 0.281. The van der Waals surface area contributed by atoms with E-state index >= 15 is 0 Å². The van der Waals surface area contributed by atoms with Gasteiger partial charge in [-0.2, -0.15) is 0 Å². The van der Waals surface area contributed by atoms with E-state index in [0.29, 0.717) is 0 Å². The van der Waals surface area contributed by atoms with Crippen molar-refractivity contribution in [3.05, 3.63) is 20.3 Å². The molecule has 0 saturated heterocycles. The number of halogens is 2. The molecule has 1 saturated carbocycles. The molecule has 0 bridgehead atoms. The van der Waals surface area contributed by atoms with E-state index < -0.39 is 0 Å². The number of thiophene rings is 1. The van der Waals surface area contributed by atoms with Crippen molar-refractivity contribution in [1.29, 1.82) is 0 Å². The minimum Gasteiger partial charge on any atom is -0.312 e.